The van der Waals surface area contributed by atoms with Crippen molar-refractivity contribution in [1.82, 2.24) is 4.98 Å². The van der Waals surface area contributed by atoms with Crippen LogP contribution in [0.25, 0.3) is 0 Å². The standard InChI is InChI=1S/C25H27F2N3O2.C2H6/c1-3-21-25(32)30-22-13-28-8-7-19(22)17-10-15(11-18(31)12-17)9-16-5-4-6-20(27)23(16)24(29-21)14(2)26;1-2/h3-8,13-15,17-18,31H,9-12H2,1-2H3,(H,30,32);1-2H3/b21-3-,29-24?;. The van der Waals surface area contributed by atoms with E-state index in [9.17, 15) is 14.3 Å². The van der Waals surface area contributed by atoms with Crippen LogP contribution in [0.5, 0.6) is 0 Å². The molecule has 1 saturated carbocycles. The van der Waals surface area contributed by atoms with Gasteiger partial charge in [0.15, 0.2) is 0 Å². The van der Waals surface area contributed by atoms with E-state index in [1.165, 1.54) is 19.1 Å². The van der Waals surface area contributed by atoms with Crippen LogP contribution >= 0.6 is 0 Å². The number of fused-ring (bicyclic) bond motifs is 5. The molecule has 182 valence electrons. The van der Waals surface area contributed by atoms with Crippen LogP contribution in [0, 0.1) is 11.7 Å². The van der Waals surface area contributed by atoms with Gasteiger partial charge in [-0.3, -0.25) is 9.78 Å². The van der Waals surface area contributed by atoms with Crippen molar-refractivity contribution in [2.45, 2.75) is 71.6 Å². The van der Waals surface area contributed by atoms with Crippen molar-refractivity contribution in [2.75, 3.05) is 5.32 Å². The summed E-state index contributed by atoms with van der Waals surface area (Å²) in [4.78, 5) is 21.5. The van der Waals surface area contributed by atoms with Gasteiger partial charge in [-0.1, -0.05) is 32.1 Å². The molecule has 4 atom stereocenters. The van der Waals surface area contributed by atoms with E-state index in [1.807, 2.05) is 19.9 Å². The van der Waals surface area contributed by atoms with Gasteiger partial charge in [-0.25, -0.2) is 13.8 Å². The van der Waals surface area contributed by atoms with Crippen LogP contribution in [0.15, 0.2) is 53.4 Å². The van der Waals surface area contributed by atoms with E-state index in [0.717, 1.165) is 12.0 Å². The van der Waals surface area contributed by atoms with Gasteiger partial charge in [0.05, 0.1) is 23.7 Å². The first kappa shape index (κ1) is 25.7. The van der Waals surface area contributed by atoms with Crippen molar-refractivity contribution >= 4 is 17.3 Å². The van der Waals surface area contributed by atoms with E-state index in [2.05, 4.69) is 15.3 Å². The fourth-order valence-corrected chi connectivity index (χ4v) is 4.93. The average Bonchev–Trinajstić information content (AvgIpc) is 2.82. The lowest BCUT2D eigenvalue weighted by Crippen LogP contribution is -2.28. The minimum absolute atomic E-state index is 0.00393. The number of hydrogen-bond donors (Lipinski definition) is 2. The maximum atomic E-state index is 15.0. The minimum atomic E-state index is -1.59. The number of nitrogens with one attached hydrogen (secondary N) is 1. The highest BCUT2D eigenvalue weighted by atomic mass is 19.1. The molecule has 1 aliphatic heterocycles. The number of aliphatic hydroxyl groups is 1. The van der Waals surface area contributed by atoms with Crippen LogP contribution < -0.4 is 5.32 Å². The number of benzene rings is 1. The molecule has 34 heavy (non-hydrogen) atoms. The fraction of sp³-hybridized carbons (Fsp3) is 0.444. The summed E-state index contributed by atoms with van der Waals surface area (Å²) in [6.07, 6.45) is 5.02. The zero-order valence-corrected chi connectivity index (χ0v) is 20.2. The predicted molar refractivity (Wildman–Crippen MR) is 131 cm³/mol. The molecular weight excluding hydrogens is 436 g/mol. The number of allylic oxidation sites excluding steroid dienone is 1. The van der Waals surface area contributed by atoms with E-state index in [1.54, 1.807) is 31.5 Å². The molecule has 1 aromatic carbocycles. The number of hydrogen-bond acceptors (Lipinski definition) is 4. The van der Waals surface area contributed by atoms with E-state index in [0.29, 0.717) is 30.5 Å². The van der Waals surface area contributed by atoms with Crippen molar-refractivity contribution in [3.63, 3.8) is 0 Å². The molecule has 0 spiro atoms. The Morgan fingerprint density at radius 3 is 2.68 bits per heavy atom. The summed E-state index contributed by atoms with van der Waals surface area (Å²) in [6, 6.07) is 6.52. The zero-order chi connectivity index (χ0) is 24.8. The van der Waals surface area contributed by atoms with Crippen molar-refractivity contribution in [3.05, 3.63) is 70.9 Å². The molecule has 1 aliphatic carbocycles. The van der Waals surface area contributed by atoms with Gasteiger partial charge in [0.25, 0.3) is 5.91 Å². The van der Waals surface area contributed by atoms with Crippen LogP contribution in [-0.2, 0) is 11.2 Å². The quantitative estimate of drug-likeness (QED) is 0.523. The first-order valence-corrected chi connectivity index (χ1v) is 12.0. The number of pyridine rings is 1. The molecule has 2 bridgehead atoms. The molecule has 4 unspecified atom stereocenters. The van der Waals surface area contributed by atoms with Gasteiger partial charge in [0.2, 0.25) is 0 Å². The van der Waals surface area contributed by atoms with Crippen molar-refractivity contribution < 1.29 is 18.7 Å². The Bertz CT molecular complexity index is 1080. The van der Waals surface area contributed by atoms with Gasteiger partial charge >= 0.3 is 0 Å². The number of rotatable bonds is 1. The molecule has 5 nitrogen and oxygen atoms in total. The Morgan fingerprint density at radius 1 is 1.21 bits per heavy atom. The third-order valence-corrected chi connectivity index (χ3v) is 6.31. The maximum absolute atomic E-state index is 15.0. The fourth-order valence-electron chi connectivity index (χ4n) is 4.93. The number of aliphatic imine (C=N–C) groups is 1. The van der Waals surface area contributed by atoms with Crippen LogP contribution in [0.1, 0.15) is 69.6 Å². The summed E-state index contributed by atoms with van der Waals surface area (Å²) in [5, 5.41) is 13.4. The first-order chi connectivity index (χ1) is 16.4. The number of carbonyl (C=O) groups excluding carboxylic acids is 1. The van der Waals surface area contributed by atoms with Gasteiger partial charge in [-0.05, 0) is 74.6 Å². The average molecular weight is 470 g/mol. The van der Waals surface area contributed by atoms with Crippen LogP contribution in [0.2, 0.25) is 0 Å². The predicted octanol–water partition coefficient (Wildman–Crippen LogP) is 5.74. The molecule has 0 saturated heterocycles. The van der Waals surface area contributed by atoms with Crippen LogP contribution in [0.4, 0.5) is 14.5 Å². The number of carbonyl (C=O) groups is 1. The first-order valence-electron chi connectivity index (χ1n) is 12.0. The third kappa shape index (κ3) is 5.58. The summed E-state index contributed by atoms with van der Waals surface area (Å²) in [5.41, 5.74) is 2.06. The van der Waals surface area contributed by atoms with Gasteiger partial charge < -0.3 is 10.4 Å². The lowest BCUT2D eigenvalue weighted by Gasteiger charge is -2.34. The topological polar surface area (TPSA) is 74.6 Å². The number of aliphatic hydroxyl groups excluding tert-OH is 1. The second-order valence-corrected chi connectivity index (χ2v) is 8.61. The number of amides is 1. The Kier molecular flexibility index (Phi) is 8.67. The minimum Gasteiger partial charge on any atom is -0.393 e. The Morgan fingerprint density at radius 2 is 1.97 bits per heavy atom. The molecule has 2 heterocycles. The second-order valence-electron chi connectivity index (χ2n) is 8.61. The van der Waals surface area contributed by atoms with Crippen molar-refractivity contribution in [3.8, 4) is 0 Å². The van der Waals surface area contributed by atoms with Gasteiger partial charge in [-0.15, -0.1) is 0 Å². The summed E-state index contributed by atoms with van der Waals surface area (Å²) < 4.78 is 29.7. The maximum Gasteiger partial charge on any atom is 0.273 e. The van der Waals surface area contributed by atoms with Gasteiger partial charge in [0.1, 0.15) is 17.7 Å². The summed E-state index contributed by atoms with van der Waals surface area (Å²) >= 11 is 0. The van der Waals surface area contributed by atoms with E-state index in [-0.39, 0.29) is 28.8 Å². The lowest BCUT2D eigenvalue weighted by atomic mass is 9.74. The highest BCUT2D eigenvalue weighted by Gasteiger charge is 2.32. The molecule has 7 heteroatoms. The lowest BCUT2D eigenvalue weighted by molar-refractivity contribution is -0.112. The van der Waals surface area contributed by atoms with Gasteiger partial charge in [0, 0.05) is 11.8 Å². The largest absolute Gasteiger partial charge is 0.393 e. The van der Waals surface area contributed by atoms with E-state index < -0.39 is 24.0 Å². The second kappa shape index (κ2) is 11.5. The van der Waals surface area contributed by atoms with Crippen molar-refractivity contribution in [2.24, 2.45) is 10.9 Å². The number of alkyl halides is 1. The van der Waals surface area contributed by atoms with Crippen LogP contribution in [0.3, 0.4) is 0 Å². The summed E-state index contributed by atoms with van der Waals surface area (Å²) in [7, 11) is 0. The van der Waals surface area contributed by atoms with Crippen LogP contribution in [-0.4, -0.2) is 34.0 Å². The molecule has 1 fully saturated rings. The van der Waals surface area contributed by atoms with Gasteiger partial charge in [-0.2, -0.15) is 0 Å². The SMILES string of the molecule is C/C=C1\N=C(C(C)F)c2c(F)cccc2CC2CC(O)CC(C2)c2ccncc2NC1=O.CC. The highest BCUT2D eigenvalue weighted by Crippen LogP contribution is 2.41. The Hall–Kier alpha value is -2.93. The highest BCUT2D eigenvalue weighted by molar-refractivity contribution is 6.10. The molecule has 0 radical (unpaired) electrons. The number of aromatic nitrogens is 1. The molecule has 2 aliphatic rings. The molecule has 1 amide bonds. The van der Waals surface area contributed by atoms with E-state index in [4.69, 9.17) is 0 Å². The molecule has 4 rings (SSSR count). The van der Waals surface area contributed by atoms with E-state index >= 15 is 4.39 Å². The molecule has 2 aromatic rings. The number of halogens is 2. The Balaban J connectivity index is 0.00000158. The summed E-state index contributed by atoms with van der Waals surface area (Å²) in [5.74, 6) is -1.02. The molecular formula is C27H33F2N3O2. The number of anilines is 1. The third-order valence-electron chi connectivity index (χ3n) is 6.31. The molecule has 1 aromatic heterocycles. The molecule has 2 N–H and O–H groups in total. The monoisotopic (exact) mass is 469 g/mol. The normalized spacial score (nSPS) is 24.6. The number of nitrogens with zero attached hydrogens (tertiary/aromatic N) is 2. The smallest absolute Gasteiger partial charge is 0.273 e. The Labute approximate surface area is 200 Å². The zero-order valence-electron chi connectivity index (χ0n) is 20.2. The van der Waals surface area contributed by atoms with Crippen molar-refractivity contribution in [1.29, 1.82) is 0 Å². The summed E-state index contributed by atoms with van der Waals surface area (Å²) in [6.45, 7) is 6.92.